The summed E-state index contributed by atoms with van der Waals surface area (Å²) in [7, 11) is 0. The molecule has 0 saturated heterocycles. The van der Waals surface area contributed by atoms with Gasteiger partial charge in [-0.1, -0.05) is 41.5 Å². The Labute approximate surface area is 115 Å². The maximum absolute atomic E-state index is 4.70. The minimum absolute atomic E-state index is 0.457. The van der Waals surface area contributed by atoms with Crippen molar-refractivity contribution in [2.24, 2.45) is 10.9 Å². The molecule has 0 aromatic heterocycles. The maximum Gasteiger partial charge on any atom is 0.161 e. The van der Waals surface area contributed by atoms with Gasteiger partial charge in [0.15, 0.2) is 5.17 Å². The van der Waals surface area contributed by atoms with Crippen LogP contribution in [0.3, 0.4) is 0 Å². The van der Waals surface area contributed by atoms with Crippen molar-refractivity contribution < 1.29 is 0 Å². The van der Waals surface area contributed by atoms with E-state index in [1.165, 1.54) is 5.56 Å². The van der Waals surface area contributed by atoms with Gasteiger partial charge in [0.2, 0.25) is 0 Å². The van der Waals surface area contributed by atoms with Crippen LogP contribution in [-0.4, -0.2) is 17.0 Å². The molecule has 0 saturated carbocycles. The molecule has 0 fully saturated rings. The van der Waals surface area contributed by atoms with E-state index in [0.717, 1.165) is 21.1 Å². The number of aryl methyl sites for hydroxylation is 1. The second kappa shape index (κ2) is 5.44. The molecule has 0 spiro atoms. The molecule has 1 N–H and O–H groups in total. The summed E-state index contributed by atoms with van der Waals surface area (Å²) in [6, 6.07) is 6.71. The fraction of sp³-hybridized carbons (Fsp3) is 0.462. The highest BCUT2D eigenvalue weighted by Gasteiger charge is 2.21. The topological polar surface area (TPSA) is 24.4 Å². The molecule has 4 heteroatoms. The van der Waals surface area contributed by atoms with E-state index >= 15 is 0 Å². The number of hydrogen-bond acceptors (Lipinski definition) is 3. The molecular weight excluding hydrogens is 296 g/mol. The Balaban J connectivity index is 2.09. The van der Waals surface area contributed by atoms with E-state index in [2.05, 4.69) is 60.2 Å². The Kier molecular flexibility index (Phi) is 4.15. The zero-order valence-electron chi connectivity index (χ0n) is 10.3. The molecule has 0 amide bonds. The molecular formula is C13H17BrN2S. The predicted octanol–water partition coefficient (Wildman–Crippen LogP) is 4.30. The molecule has 1 aromatic rings. The Morgan fingerprint density at radius 3 is 2.82 bits per heavy atom. The fourth-order valence-electron chi connectivity index (χ4n) is 1.68. The molecule has 2 rings (SSSR count). The number of anilines is 1. The molecule has 17 heavy (non-hydrogen) atoms. The molecule has 1 heterocycles. The molecule has 0 unspecified atom stereocenters. The number of hydrogen-bond donors (Lipinski definition) is 1. The summed E-state index contributed by atoms with van der Waals surface area (Å²) in [4.78, 5) is 4.70. The average Bonchev–Trinajstić information content (AvgIpc) is 2.71. The Morgan fingerprint density at radius 1 is 1.47 bits per heavy atom. The van der Waals surface area contributed by atoms with E-state index < -0.39 is 0 Å². The summed E-state index contributed by atoms with van der Waals surface area (Å²) in [5.74, 6) is 1.71. The highest BCUT2D eigenvalue weighted by atomic mass is 79.9. The van der Waals surface area contributed by atoms with Gasteiger partial charge >= 0.3 is 0 Å². The van der Waals surface area contributed by atoms with Crippen molar-refractivity contribution in [3.05, 3.63) is 28.2 Å². The number of amidine groups is 1. The van der Waals surface area contributed by atoms with Crippen LogP contribution in [0.5, 0.6) is 0 Å². The summed E-state index contributed by atoms with van der Waals surface area (Å²) < 4.78 is 1.11. The van der Waals surface area contributed by atoms with Crippen LogP contribution in [0, 0.1) is 12.8 Å². The molecule has 1 atom stereocenters. The summed E-state index contributed by atoms with van der Waals surface area (Å²) in [5, 5.41) is 4.46. The van der Waals surface area contributed by atoms with Crippen molar-refractivity contribution in [2.45, 2.75) is 26.8 Å². The van der Waals surface area contributed by atoms with Crippen LogP contribution in [0.4, 0.5) is 5.69 Å². The van der Waals surface area contributed by atoms with Crippen molar-refractivity contribution in [1.82, 2.24) is 0 Å². The van der Waals surface area contributed by atoms with Gasteiger partial charge < -0.3 is 5.32 Å². The largest absolute Gasteiger partial charge is 0.335 e. The van der Waals surface area contributed by atoms with Gasteiger partial charge in [0.25, 0.3) is 0 Å². The molecule has 1 aromatic carbocycles. The molecule has 1 aliphatic rings. The number of thioether (sulfide) groups is 1. The highest BCUT2D eigenvalue weighted by Crippen LogP contribution is 2.26. The van der Waals surface area contributed by atoms with E-state index in [-0.39, 0.29) is 0 Å². The first kappa shape index (κ1) is 13.0. The lowest BCUT2D eigenvalue weighted by Gasteiger charge is -2.09. The number of rotatable bonds is 2. The van der Waals surface area contributed by atoms with Crippen LogP contribution in [0.25, 0.3) is 0 Å². The SMILES string of the molecule is Cc1cc(Br)ccc1NC1=N[C@@H](C(C)C)CS1. The third-order valence-corrected chi connectivity index (χ3v) is 4.36. The first-order chi connectivity index (χ1) is 8.06. The fourth-order valence-corrected chi connectivity index (χ4v) is 3.34. The van der Waals surface area contributed by atoms with Crippen LogP contribution in [0.1, 0.15) is 19.4 Å². The second-order valence-electron chi connectivity index (χ2n) is 4.64. The summed E-state index contributed by atoms with van der Waals surface area (Å²) >= 11 is 5.29. The summed E-state index contributed by atoms with van der Waals surface area (Å²) in [5.41, 5.74) is 2.37. The van der Waals surface area contributed by atoms with Crippen LogP contribution in [0.2, 0.25) is 0 Å². The van der Waals surface area contributed by atoms with Crippen LogP contribution < -0.4 is 5.32 Å². The molecule has 2 nitrogen and oxygen atoms in total. The third-order valence-electron chi connectivity index (χ3n) is 2.87. The number of nitrogens with zero attached hydrogens (tertiary/aromatic N) is 1. The van der Waals surface area contributed by atoms with Gasteiger partial charge in [0, 0.05) is 15.9 Å². The molecule has 92 valence electrons. The Bertz CT molecular complexity index is 443. The smallest absolute Gasteiger partial charge is 0.161 e. The van der Waals surface area contributed by atoms with Crippen molar-refractivity contribution >= 4 is 38.5 Å². The maximum atomic E-state index is 4.70. The van der Waals surface area contributed by atoms with Gasteiger partial charge in [0.1, 0.15) is 0 Å². The van der Waals surface area contributed by atoms with Gasteiger partial charge in [0.05, 0.1) is 6.04 Å². The summed E-state index contributed by atoms with van der Waals surface area (Å²) in [6.07, 6.45) is 0. The average molecular weight is 313 g/mol. The standard InChI is InChI=1S/C13H17BrN2S/c1-8(2)12-7-17-13(16-12)15-11-5-4-10(14)6-9(11)3/h4-6,8,12H,7H2,1-3H3,(H,15,16)/t12-/m1/s1. The molecule has 0 bridgehead atoms. The lowest BCUT2D eigenvalue weighted by molar-refractivity contribution is 0.543. The monoisotopic (exact) mass is 312 g/mol. The quantitative estimate of drug-likeness (QED) is 0.880. The zero-order chi connectivity index (χ0) is 12.4. The van der Waals surface area contributed by atoms with Gasteiger partial charge in [-0.05, 0) is 36.6 Å². The number of aliphatic imine (C=N–C) groups is 1. The van der Waals surface area contributed by atoms with Crippen molar-refractivity contribution in [3.8, 4) is 0 Å². The second-order valence-corrected chi connectivity index (χ2v) is 6.57. The van der Waals surface area contributed by atoms with Crippen LogP contribution in [0.15, 0.2) is 27.7 Å². The number of benzene rings is 1. The first-order valence-electron chi connectivity index (χ1n) is 5.80. The van der Waals surface area contributed by atoms with Crippen LogP contribution in [-0.2, 0) is 0 Å². The highest BCUT2D eigenvalue weighted by molar-refractivity contribution is 9.10. The van der Waals surface area contributed by atoms with Crippen molar-refractivity contribution in [1.29, 1.82) is 0 Å². The van der Waals surface area contributed by atoms with Crippen molar-refractivity contribution in [2.75, 3.05) is 11.1 Å². The van der Waals surface area contributed by atoms with Gasteiger partial charge in [-0.2, -0.15) is 0 Å². The minimum atomic E-state index is 0.457. The first-order valence-corrected chi connectivity index (χ1v) is 7.58. The lowest BCUT2D eigenvalue weighted by Crippen LogP contribution is -2.12. The normalized spacial score (nSPS) is 19.6. The Morgan fingerprint density at radius 2 is 2.24 bits per heavy atom. The van der Waals surface area contributed by atoms with E-state index in [1.807, 2.05) is 11.8 Å². The molecule has 0 aliphatic carbocycles. The number of nitrogens with one attached hydrogen (secondary N) is 1. The zero-order valence-corrected chi connectivity index (χ0v) is 12.7. The van der Waals surface area contributed by atoms with Gasteiger partial charge in [-0.3, -0.25) is 4.99 Å². The van der Waals surface area contributed by atoms with Gasteiger partial charge in [-0.15, -0.1) is 0 Å². The summed E-state index contributed by atoms with van der Waals surface area (Å²) in [6.45, 7) is 6.55. The van der Waals surface area contributed by atoms with E-state index in [9.17, 15) is 0 Å². The van der Waals surface area contributed by atoms with Crippen LogP contribution >= 0.6 is 27.7 Å². The number of halogens is 1. The third kappa shape index (κ3) is 3.26. The van der Waals surface area contributed by atoms with E-state index in [1.54, 1.807) is 0 Å². The minimum Gasteiger partial charge on any atom is -0.335 e. The predicted molar refractivity (Wildman–Crippen MR) is 81.0 cm³/mol. The van der Waals surface area contributed by atoms with E-state index in [4.69, 9.17) is 4.99 Å². The lowest BCUT2D eigenvalue weighted by atomic mass is 10.1. The van der Waals surface area contributed by atoms with Crippen molar-refractivity contribution in [3.63, 3.8) is 0 Å². The molecule has 0 radical (unpaired) electrons. The van der Waals surface area contributed by atoms with Gasteiger partial charge in [-0.25, -0.2) is 0 Å². The van der Waals surface area contributed by atoms with E-state index in [0.29, 0.717) is 12.0 Å². The Hall–Kier alpha value is -0.480. The molecule has 1 aliphatic heterocycles.